The van der Waals surface area contributed by atoms with E-state index in [-0.39, 0.29) is 22.0 Å². The molecule has 0 spiro atoms. The molecule has 1 aromatic rings. The van der Waals surface area contributed by atoms with Gasteiger partial charge in [-0.1, -0.05) is 17.7 Å². The average molecular weight is 340 g/mol. The Hall–Kier alpha value is -0.140. The van der Waals surface area contributed by atoms with Crippen molar-refractivity contribution >= 4 is 37.6 Å². The molecule has 4 nitrogen and oxygen atoms in total. The van der Waals surface area contributed by atoms with Gasteiger partial charge in [-0.15, -0.1) is 0 Å². The van der Waals surface area contributed by atoms with Crippen LogP contribution in [0.5, 0.6) is 0 Å². The van der Waals surface area contributed by atoms with E-state index in [1.807, 2.05) is 0 Å². The van der Waals surface area contributed by atoms with Crippen molar-refractivity contribution < 1.29 is 8.42 Å². The number of hydrogen-bond donors (Lipinski definition) is 2. The minimum absolute atomic E-state index is 0.0787. The van der Waals surface area contributed by atoms with Gasteiger partial charge in [-0.3, -0.25) is 0 Å². The van der Waals surface area contributed by atoms with E-state index in [1.54, 1.807) is 12.1 Å². The largest absolute Gasteiger partial charge is 0.328 e. The van der Waals surface area contributed by atoms with Gasteiger partial charge in [-0.2, -0.15) is 0 Å². The summed E-state index contributed by atoms with van der Waals surface area (Å²) >= 11 is 9.16. The Morgan fingerprint density at radius 3 is 2.65 bits per heavy atom. The molecule has 0 aliphatic heterocycles. The van der Waals surface area contributed by atoms with Crippen LogP contribution >= 0.6 is 27.5 Å². The molecule has 0 saturated heterocycles. The zero-order chi connectivity index (χ0) is 12.6. The highest BCUT2D eigenvalue weighted by molar-refractivity contribution is 9.10. The van der Waals surface area contributed by atoms with Gasteiger partial charge in [0.05, 0.1) is 5.02 Å². The number of nitrogens with two attached hydrogens (primary N) is 1. The van der Waals surface area contributed by atoms with Crippen molar-refractivity contribution in [2.45, 2.75) is 29.8 Å². The van der Waals surface area contributed by atoms with E-state index in [2.05, 4.69) is 20.7 Å². The van der Waals surface area contributed by atoms with Gasteiger partial charge in [-0.05, 0) is 40.9 Å². The van der Waals surface area contributed by atoms with Gasteiger partial charge < -0.3 is 5.73 Å². The van der Waals surface area contributed by atoms with Gasteiger partial charge in [0.1, 0.15) is 4.90 Å². The van der Waals surface area contributed by atoms with E-state index in [0.717, 1.165) is 0 Å². The number of benzene rings is 1. The van der Waals surface area contributed by atoms with E-state index >= 15 is 0 Å². The molecule has 1 saturated carbocycles. The second-order valence-electron chi connectivity index (χ2n) is 4.10. The smallest absolute Gasteiger partial charge is 0.242 e. The van der Waals surface area contributed by atoms with Crippen LogP contribution in [0, 0.1) is 0 Å². The van der Waals surface area contributed by atoms with Crippen LogP contribution in [0.15, 0.2) is 27.6 Å². The lowest BCUT2D eigenvalue weighted by molar-refractivity contribution is 0.327. The zero-order valence-corrected chi connectivity index (χ0v) is 12.0. The fraction of sp³-hybridized carbons (Fsp3) is 0.400. The van der Waals surface area contributed by atoms with E-state index in [9.17, 15) is 8.42 Å². The average Bonchev–Trinajstić information content (AvgIpc) is 2.19. The fourth-order valence-corrected chi connectivity index (χ4v) is 4.02. The van der Waals surface area contributed by atoms with Gasteiger partial charge in [0.2, 0.25) is 10.0 Å². The highest BCUT2D eigenvalue weighted by Crippen LogP contribution is 2.30. The normalized spacial score (nSPS) is 24.4. The highest BCUT2D eigenvalue weighted by atomic mass is 79.9. The van der Waals surface area contributed by atoms with Crippen LogP contribution in [-0.4, -0.2) is 20.5 Å². The summed E-state index contributed by atoms with van der Waals surface area (Å²) in [5.74, 6) is 0. The molecule has 1 fully saturated rings. The maximum Gasteiger partial charge on any atom is 0.242 e. The lowest BCUT2D eigenvalue weighted by Gasteiger charge is -2.32. The number of sulfonamides is 1. The Balaban J connectivity index is 2.23. The summed E-state index contributed by atoms with van der Waals surface area (Å²) in [5, 5.41) is 0.198. The third-order valence-electron chi connectivity index (χ3n) is 2.70. The van der Waals surface area contributed by atoms with Crippen LogP contribution < -0.4 is 10.5 Å². The van der Waals surface area contributed by atoms with Gasteiger partial charge in [0.15, 0.2) is 0 Å². The van der Waals surface area contributed by atoms with E-state index < -0.39 is 10.0 Å². The van der Waals surface area contributed by atoms with Gasteiger partial charge in [-0.25, -0.2) is 13.1 Å². The molecular formula is C10H12BrClN2O2S. The molecule has 1 aliphatic rings. The maximum absolute atomic E-state index is 12.1. The molecular weight excluding hydrogens is 328 g/mol. The second kappa shape index (κ2) is 4.85. The van der Waals surface area contributed by atoms with Crippen LogP contribution in [-0.2, 0) is 10.0 Å². The van der Waals surface area contributed by atoms with Crippen molar-refractivity contribution in [3.05, 3.63) is 27.7 Å². The third-order valence-corrected chi connectivity index (χ3v) is 5.67. The minimum Gasteiger partial charge on any atom is -0.328 e. The Bertz CT molecular complexity index is 529. The summed E-state index contributed by atoms with van der Waals surface area (Å²) in [4.78, 5) is 0.0917. The predicted octanol–water partition coefficient (Wildman–Crippen LogP) is 1.87. The van der Waals surface area contributed by atoms with Crippen molar-refractivity contribution in [1.29, 1.82) is 0 Å². The van der Waals surface area contributed by atoms with E-state index in [1.165, 1.54) is 6.07 Å². The number of nitrogens with one attached hydrogen (secondary N) is 1. The third kappa shape index (κ3) is 2.82. The second-order valence-corrected chi connectivity index (χ2v) is 7.02. The van der Waals surface area contributed by atoms with Crippen LogP contribution in [0.1, 0.15) is 12.8 Å². The predicted molar refractivity (Wildman–Crippen MR) is 70.5 cm³/mol. The van der Waals surface area contributed by atoms with Gasteiger partial charge in [0.25, 0.3) is 0 Å². The molecule has 0 unspecified atom stereocenters. The van der Waals surface area contributed by atoms with Crippen LogP contribution in [0.25, 0.3) is 0 Å². The summed E-state index contributed by atoms with van der Waals surface area (Å²) < 4.78 is 27.3. The SMILES string of the molecule is NC1CC(NS(=O)(=O)c2cccc(Br)c2Cl)C1. The van der Waals surface area contributed by atoms with Crippen molar-refractivity contribution in [1.82, 2.24) is 4.72 Å². The topological polar surface area (TPSA) is 72.2 Å². The minimum atomic E-state index is -3.56. The Morgan fingerprint density at radius 1 is 1.41 bits per heavy atom. The molecule has 17 heavy (non-hydrogen) atoms. The summed E-state index contributed by atoms with van der Waals surface area (Å²) in [6, 6.07) is 4.83. The Morgan fingerprint density at radius 2 is 2.06 bits per heavy atom. The van der Waals surface area contributed by atoms with Crippen molar-refractivity contribution in [3.63, 3.8) is 0 Å². The van der Waals surface area contributed by atoms with E-state index in [4.69, 9.17) is 17.3 Å². The lowest BCUT2D eigenvalue weighted by Crippen LogP contribution is -2.50. The summed E-state index contributed by atoms with van der Waals surface area (Å²) in [5.41, 5.74) is 5.61. The highest BCUT2D eigenvalue weighted by Gasteiger charge is 2.31. The van der Waals surface area contributed by atoms with Crippen molar-refractivity contribution in [2.75, 3.05) is 0 Å². The lowest BCUT2D eigenvalue weighted by atomic mass is 9.89. The number of rotatable bonds is 3. The molecule has 0 heterocycles. The molecule has 3 N–H and O–H groups in total. The summed E-state index contributed by atoms with van der Waals surface area (Å²) in [6.07, 6.45) is 1.34. The van der Waals surface area contributed by atoms with Crippen LogP contribution in [0.2, 0.25) is 5.02 Å². The Labute approximate surface area is 114 Å². The standard InChI is InChI=1S/C10H12BrClN2O2S/c11-8-2-1-3-9(10(8)12)17(15,16)14-7-4-6(13)5-7/h1-3,6-7,14H,4-5,13H2. The molecule has 0 atom stereocenters. The van der Waals surface area contributed by atoms with Gasteiger partial charge in [0, 0.05) is 16.6 Å². The molecule has 0 radical (unpaired) electrons. The number of hydrogen-bond acceptors (Lipinski definition) is 3. The molecule has 2 rings (SSSR count). The molecule has 7 heteroatoms. The molecule has 94 valence electrons. The molecule has 0 amide bonds. The molecule has 1 aliphatic carbocycles. The maximum atomic E-state index is 12.1. The molecule has 0 bridgehead atoms. The quantitative estimate of drug-likeness (QED) is 0.883. The molecule has 0 aromatic heterocycles. The first kappa shape index (κ1) is 13.3. The monoisotopic (exact) mass is 338 g/mol. The first-order valence-electron chi connectivity index (χ1n) is 5.12. The molecule has 1 aromatic carbocycles. The first-order chi connectivity index (χ1) is 7.90. The van der Waals surface area contributed by atoms with Crippen LogP contribution in [0.4, 0.5) is 0 Å². The van der Waals surface area contributed by atoms with Gasteiger partial charge >= 0.3 is 0 Å². The zero-order valence-electron chi connectivity index (χ0n) is 8.86. The number of halogens is 2. The van der Waals surface area contributed by atoms with E-state index in [0.29, 0.717) is 17.3 Å². The fourth-order valence-electron chi connectivity index (χ4n) is 1.73. The summed E-state index contributed by atoms with van der Waals surface area (Å²) in [6.45, 7) is 0. The Kier molecular flexibility index (Phi) is 3.80. The van der Waals surface area contributed by atoms with Crippen molar-refractivity contribution in [2.24, 2.45) is 5.73 Å². The summed E-state index contributed by atoms with van der Waals surface area (Å²) in [7, 11) is -3.56. The van der Waals surface area contributed by atoms with Crippen LogP contribution in [0.3, 0.4) is 0 Å². The van der Waals surface area contributed by atoms with Crippen molar-refractivity contribution in [3.8, 4) is 0 Å². The first-order valence-corrected chi connectivity index (χ1v) is 7.77.